The zero-order valence-electron chi connectivity index (χ0n) is 19.9. The van der Waals surface area contributed by atoms with Crippen LogP contribution in [0.4, 0.5) is 4.79 Å². The van der Waals surface area contributed by atoms with E-state index in [1.54, 1.807) is 44.6 Å². The van der Waals surface area contributed by atoms with Crippen LogP contribution >= 0.6 is 0 Å². The number of rotatable bonds is 6. The average Bonchev–Trinajstić information content (AvgIpc) is 3.59. The zero-order valence-corrected chi connectivity index (χ0v) is 19.9. The molecule has 0 bridgehead atoms. The predicted octanol–water partition coefficient (Wildman–Crippen LogP) is 3.56. The molecule has 1 saturated heterocycles. The van der Waals surface area contributed by atoms with E-state index in [0.717, 1.165) is 5.52 Å². The molecule has 1 aliphatic rings. The Hall–Kier alpha value is -5.13. The van der Waals surface area contributed by atoms with Gasteiger partial charge in [-0.15, -0.1) is 0 Å². The van der Waals surface area contributed by atoms with Crippen LogP contribution in [0.15, 0.2) is 59.4 Å². The second kappa shape index (κ2) is 8.82. The Morgan fingerprint density at radius 2 is 1.97 bits per heavy atom. The van der Waals surface area contributed by atoms with Crippen molar-refractivity contribution in [3.05, 3.63) is 66.3 Å². The number of urea groups is 1. The van der Waals surface area contributed by atoms with Gasteiger partial charge in [0, 0.05) is 31.8 Å². The number of carbonyl (C=O) groups excluding carboxylic acids is 2. The summed E-state index contributed by atoms with van der Waals surface area (Å²) in [6.07, 6.45) is 3.23. The van der Waals surface area contributed by atoms with Gasteiger partial charge in [-0.1, -0.05) is 11.2 Å². The Bertz CT molecular complexity index is 1630. The summed E-state index contributed by atoms with van der Waals surface area (Å²) in [6, 6.07) is 12.2. The van der Waals surface area contributed by atoms with Gasteiger partial charge in [0.05, 0.1) is 23.8 Å². The number of hydrogen-bond donors (Lipinski definition) is 1. The van der Waals surface area contributed by atoms with Gasteiger partial charge in [0.1, 0.15) is 29.4 Å². The molecule has 1 aromatic carbocycles. The highest BCUT2D eigenvalue weighted by atomic mass is 16.5. The second-order valence-corrected chi connectivity index (χ2v) is 8.51. The van der Waals surface area contributed by atoms with Crippen LogP contribution in [-0.2, 0) is 11.3 Å². The van der Waals surface area contributed by atoms with Gasteiger partial charge in [-0.3, -0.25) is 14.7 Å². The predicted molar refractivity (Wildman–Crippen MR) is 130 cm³/mol. The standard InChI is InChI=1S/C25H20N8O4/c1-14-28-24(31-37-14)18-7-6-16(11-27-18)36-21-10-20-19(29-23(30-20)17-5-3-4-8-26-17)9-15(21)12-33-22(34)13-32(2)25(33)35/h3-11H,12-13H2,1-2H3,(H,29,30). The number of benzene rings is 1. The molecule has 5 heterocycles. The Kier molecular flexibility index (Phi) is 5.33. The van der Waals surface area contributed by atoms with Gasteiger partial charge >= 0.3 is 6.03 Å². The number of nitrogens with one attached hydrogen (secondary N) is 1. The number of H-pyrrole nitrogens is 1. The van der Waals surface area contributed by atoms with Crippen molar-refractivity contribution in [2.45, 2.75) is 13.5 Å². The maximum atomic E-state index is 12.5. The molecule has 5 aromatic rings. The van der Waals surface area contributed by atoms with Gasteiger partial charge in [-0.25, -0.2) is 14.8 Å². The van der Waals surface area contributed by atoms with E-state index in [2.05, 4.69) is 30.1 Å². The van der Waals surface area contributed by atoms with Crippen LogP contribution in [0, 0.1) is 6.92 Å². The van der Waals surface area contributed by atoms with Crippen molar-refractivity contribution in [1.29, 1.82) is 0 Å². The largest absolute Gasteiger partial charge is 0.455 e. The van der Waals surface area contributed by atoms with Gasteiger partial charge in [0.2, 0.25) is 11.7 Å². The van der Waals surface area contributed by atoms with Gasteiger partial charge < -0.3 is 19.1 Å². The fourth-order valence-corrected chi connectivity index (χ4v) is 4.02. The number of amides is 3. The SMILES string of the molecule is Cc1nc(-c2ccc(Oc3cc4nc(-c5ccccn5)[nH]c4cc3CN3C(=O)CN(C)C3=O)cn2)no1. The Morgan fingerprint density at radius 3 is 2.65 bits per heavy atom. The van der Waals surface area contributed by atoms with E-state index in [4.69, 9.17) is 9.26 Å². The molecule has 3 amide bonds. The molecule has 4 aromatic heterocycles. The summed E-state index contributed by atoms with van der Waals surface area (Å²) in [6.45, 7) is 1.78. The highest BCUT2D eigenvalue weighted by molar-refractivity contribution is 6.01. The van der Waals surface area contributed by atoms with E-state index in [0.29, 0.717) is 51.5 Å². The van der Waals surface area contributed by atoms with Crippen molar-refractivity contribution in [3.63, 3.8) is 0 Å². The Balaban J connectivity index is 1.37. The minimum atomic E-state index is -0.365. The minimum absolute atomic E-state index is 0.0338. The molecule has 1 aliphatic heterocycles. The van der Waals surface area contributed by atoms with Crippen LogP contribution in [0.5, 0.6) is 11.5 Å². The van der Waals surface area contributed by atoms with Crippen LogP contribution in [0.3, 0.4) is 0 Å². The number of nitrogens with zero attached hydrogens (tertiary/aromatic N) is 7. The summed E-state index contributed by atoms with van der Waals surface area (Å²) in [4.78, 5) is 48.4. The Labute approximate surface area is 209 Å². The number of hydrogen-bond acceptors (Lipinski definition) is 9. The molecule has 0 saturated carbocycles. The number of carbonyl (C=O) groups is 2. The third-order valence-electron chi connectivity index (χ3n) is 5.85. The molecule has 0 radical (unpaired) electrons. The molecule has 6 rings (SSSR count). The second-order valence-electron chi connectivity index (χ2n) is 8.51. The highest BCUT2D eigenvalue weighted by Crippen LogP contribution is 2.32. The number of aryl methyl sites for hydroxylation is 1. The van der Waals surface area contributed by atoms with Crippen LogP contribution in [0.1, 0.15) is 11.5 Å². The van der Waals surface area contributed by atoms with E-state index >= 15 is 0 Å². The summed E-state index contributed by atoms with van der Waals surface area (Å²) in [7, 11) is 1.59. The van der Waals surface area contributed by atoms with Crippen LogP contribution in [0.2, 0.25) is 0 Å². The molecule has 0 atom stereocenters. The van der Waals surface area contributed by atoms with Crippen molar-refractivity contribution >= 4 is 23.0 Å². The van der Waals surface area contributed by atoms with Crippen molar-refractivity contribution in [3.8, 4) is 34.5 Å². The topological polar surface area (TPSA) is 143 Å². The van der Waals surface area contributed by atoms with E-state index in [1.165, 1.54) is 9.80 Å². The first-order valence-corrected chi connectivity index (χ1v) is 11.4. The van der Waals surface area contributed by atoms with Crippen molar-refractivity contribution in [1.82, 2.24) is 39.9 Å². The number of ether oxygens (including phenoxy) is 1. The van der Waals surface area contributed by atoms with Gasteiger partial charge in [0.25, 0.3) is 5.91 Å². The number of likely N-dealkylation sites (N-methyl/N-ethyl adjacent to an activating group) is 1. The molecule has 1 N–H and O–H groups in total. The first-order valence-electron chi connectivity index (χ1n) is 11.4. The quantitative estimate of drug-likeness (QED) is 0.349. The lowest BCUT2D eigenvalue weighted by Gasteiger charge is -2.17. The van der Waals surface area contributed by atoms with E-state index in [-0.39, 0.29) is 25.0 Å². The van der Waals surface area contributed by atoms with E-state index in [9.17, 15) is 9.59 Å². The average molecular weight is 496 g/mol. The van der Waals surface area contributed by atoms with E-state index < -0.39 is 0 Å². The minimum Gasteiger partial charge on any atom is -0.455 e. The van der Waals surface area contributed by atoms with Gasteiger partial charge in [-0.05, 0) is 30.3 Å². The number of imidazole rings is 1. The first kappa shape index (κ1) is 22.3. The third kappa shape index (κ3) is 4.24. The summed E-state index contributed by atoms with van der Waals surface area (Å²) in [5.74, 6) is 2.01. The molecule has 0 spiro atoms. The smallest absolute Gasteiger partial charge is 0.327 e. The number of pyridine rings is 2. The molecule has 184 valence electrons. The molecular formula is C25H20N8O4. The van der Waals surface area contributed by atoms with Crippen LogP contribution < -0.4 is 4.74 Å². The van der Waals surface area contributed by atoms with Gasteiger partial charge in [0.15, 0.2) is 5.82 Å². The summed E-state index contributed by atoms with van der Waals surface area (Å²) < 4.78 is 11.2. The van der Waals surface area contributed by atoms with E-state index in [1.807, 2.05) is 24.3 Å². The molecule has 1 fully saturated rings. The maximum absolute atomic E-state index is 12.5. The molecule has 0 aliphatic carbocycles. The number of fused-ring (bicyclic) bond motifs is 1. The molecule has 12 heteroatoms. The molecule has 12 nitrogen and oxygen atoms in total. The van der Waals surface area contributed by atoms with Crippen LogP contribution in [0.25, 0.3) is 34.1 Å². The summed E-state index contributed by atoms with van der Waals surface area (Å²) >= 11 is 0. The normalized spacial score (nSPS) is 13.7. The highest BCUT2D eigenvalue weighted by Gasteiger charge is 2.34. The van der Waals surface area contributed by atoms with Crippen molar-refractivity contribution in [2.24, 2.45) is 0 Å². The molecule has 37 heavy (non-hydrogen) atoms. The lowest BCUT2D eigenvalue weighted by molar-refractivity contribution is -0.125. The van der Waals surface area contributed by atoms with Gasteiger partial charge in [-0.2, -0.15) is 4.98 Å². The summed E-state index contributed by atoms with van der Waals surface area (Å²) in [5, 5.41) is 3.87. The maximum Gasteiger partial charge on any atom is 0.327 e. The zero-order chi connectivity index (χ0) is 25.5. The Morgan fingerprint density at radius 1 is 1.08 bits per heavy atom. The fraction of sp³-hybridized carbons (Fsp3) is 0.160. The third-order valence-corrected chi connectivity index (χ3v) is 5.85. The summed E-state index contributed by atoms with van der Waals surface area (Å²) in [5.41, 5.74) is 3.20. The number of aromatic amines is 1. The fourth-order valence-electron chi connectivity index (χ4n) is 4.02. The first-order chi connectivity index (χ1) is 17.9. The van der Waals surface area contributed by atoms with Crippen molar-refractivity contribution < 1.29 is 18.8 Å². The monoisotopic (exact) mass is 496 g/mol. The lowest BCUT2D eigenvalue weighted by Crippen LogP contribution is -2.31. The molecular weight excluding hydrogens is 476 g/mol. The number of aromatic nitrogens is 6. The van der Waals surface area contributed by atoms with Crippen molar-refractivity contribution in [2.75, 3.05) is 13.6 Å². The molecule has 0 unspecified atom stereocenters. The van der Waals surface area contributed by atoms with Crippen LogP contribution in [-0.4, -0.2) is 65.4 Å². The lowest BCUT2D eigenvalue weighted by atomic mass is 10.1. The number of imide groups is 1.